The van der Waals surface area contributed by atoms with Crippen LogP contribution in [0.25, 0.3) is 0 Å². The van der Waals surface area contributed by atoms with E-state index in [9.17, 15) is 13.2 Å². The summed E-state index contributed by atoms with van der Waals surface area (Å²) < 4.78 is 37.0. The summed E-state index contributed by atoms with van der Waals surface area (Å²) in [4.78, 5) is 3.44. The van der Waals surface area contributed by atoms with Crippen LogP contribution in [0.1, 0.15) is 5.56 Å². The van der Waals surface area contributed by atoms with Gasteiger partial charge < -0.3 is 0 Å². The zero-order chi connectivity index (χ0) is 9.35. The minimum atomic E-state index is -4.33. The summed E-state index contributed by atoms with van der Waals surface area (Å²) in [6.45, 7) is 0. The average Bonchev–Trinajstić information content (AvgIpc) is 1.92. The lowest BCUT2D eigenvalue weighted by atomic mass is 10.3. The van der Waals surface area contributed by atoms with Crippen molar-refractivity contribution in [2.75, 3.05) is 0 Å². The molecule has 1 nitrogen and oxygen atoms in total. The van der Waals surface area contributed by atoms with Crippen LogP contribution >= 0.6 is 38.5 Å². The minimum Gasteiger partial charge on any atom is -0.263 e. The Bertz CT molecular complexity index is 299. The van der Waals surface area contributed by atoms with Crippen LogP contribution in [0.15, 0.2) is 16.9 Å². The van der Waals surface area contributed by atoms with E-state index in [-0.39, 0.29) is 3.57 Å². The van der Waals surface area contributed by atoms with Crippen molar-refractivity contribution in [3.63, 3.8) is 0 Å². The quantitative estimate of drug-likeness (QED) is 0.652. The maximum Gasteiger partial charge on any atom is 0.418 e. The molecule has 0 bridgehead atoms. The molecule has 0 aromatic carbocycles. The molecule has 1 aromatic heterocycles. The number of hydrogen-bond acceptors (Lipinski definition) is 1. The van der Waals surface area contributed by atoms with E-state index >= 15 is 0 Å². The second kappa shape index (κ2) is 3.49. The van der Waals surface area contributed by atoms with Gasteiger partial charge in [-0.05, 0) is 38.5 Å². The van der Waals surface area contributed by atoms with Crippen molar-refractivity contribution < 1.29 is 13.2 Å². The Balaban J connectivity index is 3.26. The van der Waals surface area contributed by atoms with Crippen LogP contribution in [-0.4, -0.2) is 4.98 Å². The normalized spacial score (nSPS) is 11.8. The Morgan fingerprint density at radius 3 is 2.33 bits per heavy atom. The van der Waals surface area contributed by atoms with E-state index in [1.165, 1.54) is 6.20 Å². The summed E-state index contributed by atoms with van der Waals surface area (Å²) in [7, 11) is 0. The Kier molecular flexibility index (Phi) is 2.97. The van der Waals surface area contributed by atoms with Gasteiger partial charge in [0.05, 0.1) is 5.56 Å². The number of pyridine rings is 1. The Morgan fingerprint density at radius 1 is 1.33 bits per heavy atom. The lowest BCUT2D eigenvalue weighted by Gasteiger charge is -2.08. The lowest BCUT2D eigenvalue weighted by molar-refractivity contribution is -0.138. The van der Waals surface area contributed by atoms with Crippen molar-refractivity contribution in [1.82, 2.24) is 4.98 Å². The number of alkyl halides is 3. The first-order chi connectivity index (χ1) is 5.43. The minimum absolute atomic E-state index is 0.134. The smallest absolute Gasteiger partial charge is 0.263 e. The summed E-state index contributed by atoms with van der Waals surface area (Å²) >= 11 is 4.59. The van der Waals surface area contributed by atoms with Gasteiger partial charge in [0.25, 0.3) is 0 Å². The van der Waals surface area contributed by atoms with Crippen LogP contribution in [0.5, 0.6) is 0 Å². The first-order valence-electron chi connectivity index (χ1n) is 2.79. The Morgan fingerprint density at radius 2 is 1.92 bits per heavy atom. The summed E-state index contributed by atoms with van der Waals surface area (Å²) in [5.41, 5.74) is -0.711. The molecule has 0 N–H and O–H groups in total. The fourth-order valence-corrected chi connectivity index (χ4v) is 1.53. The highest BCUT2D eigenvalue weighted by molar-refractivity contribution is 14.1. The average molecular weight is 352 g/mol. The zero-order valence-electron chi connectivity index (χ0n) is 5.49. The molecule has 0 atom stereocenters. The van der Waals surface area contributed by atoms with Crippen LogP contribution in [0.3, 0.4) is 0 Å². The van der Waals surface area contributed by atoms with Crippen molar-refractivity contribution >= 4 is 38.5 Å². The number of nitrogens with zero attached hydrogens (tertiary/aromatic N) is 1. The largest absolute Gasteiger partial charge is 0.418 e. The third-order valence-electron chi connectivity index (χ3n) is 1.14. The Labute approximate surface area is 88.6 Å². The number of aromatic nitrogens is 1. The van der Waals surface area contributed by atoms with Gasteiger partial charge in [-0.15, -0.1) is 0 Å². The number of halogens is 5. The first-order valence-corrected chi connectivity index (χ1v) is 4.66. The summed E-state index contributed by atoms with van der Waals surface area (Å²) in [6, 6.07) is 0. The highest BCUT2D eigenvalue weighted by Gasteiger charge is 2.33. The topological polar surface area (TPSA) is 12.9 Å². The van der Waals surface area contributed by atoms with Crippen LogP contribution in [0, 0.1) is 3.57 Å². The van der Waals surface area contributed by atoms with Gasteiger partial charge in [0.2, 0.25) is 0 Å². The second-order valence-corrected chi connectivity index (χ2v) is 3.91. The zero-order valence-corrected chi connectivity index (χ0v) is 9.24. The van der Waals surface area contributed by atoms with E-state index in [2.05, 4.69) is 20.9 Å². The monoisotopic (exact) mass is 351 g/mol. The standard InChI is InChI=1S/C6H2BrF3IN/c7-4-2-12-1-3(5(4)11)6(8,9)10/h1-2H. The third-order valence-corrected chi connectivity index (χ3v) is 3.65. The molecule has 0 aliphatic rings. The highest BCUT2D eigenvalue weighted by Crippen LogP contribution is 2.34. The molecule has 12 heavy (non-hydrogen) atoms. The van der Waals surface area contributed by atoms with Crippen molar-refractivity contribution in [2.24, 2.45) is 0 Å². The van der Waals surface area contributed by atoms with Gasteiger partial charge in [0, 0.05) is 20.4 Å². The summed E-state index contributed by atoms with van der Waals surface area (Å²) in [6.07, 6.45) is -2.18. The molecule has 0 aliphatic carbocycles. The summed E-state index contributed by atoms with van der Waals surface area (Å²) in [5.74, 6) is 0. The molecule has 0 unspecified atom stereocenters. The van der Waals surface area contributed by atoms with Gasteiger partial charge >= 0.3 is 6.18 Å². The van der Waals surface area contributed by atoms with Crippen LogP contribution in [0.2, 0.25) is 0 Å². The van der Waals surface area contributed by atoms with Crippen LogP contribution in [0.4, 0.5) is 13.2 Å². The second-order valence-electron chi connectivity index (χ2n) is 1.98. The van der Waals surface area contributed by atoms with E-state index in [0.29, 0.717) is 4.47 Å². The van der Waals surface area contributed by atoms with E-state index in [1.54, 1.807) is 22.6 Å². The molecule has 66 valence electrons. The fourth-order valence-electron chi connectivity index (χ4n) is 0.617. The SMILES string of the molecule is FC(F)(F)c1cncc(Br)c1I. The summed E-state index contributed by atoms with van der Waals surface area (Å²) in [5, 5.41) is 0. The molecule has 1 heterocycles. The molecule has 0 amide bonds. The molecule has 0 radical (unpaired) electrons. The molecule has 0 fully saturated rings. The molecule has 1 rings (SSSR count). The van der Waals surface area contributed by atoms with Crippen molar-refractivity contribution in [3.8, 4) is 0 Å². The maximum absolute atomic E-state index is 12.2. The van der Waals surface area contributed by atoms with Crippen LogP contribution < -0.4 is 0 Å². The van der Waals surface area contributed by atoms with Crippen LogP contribution in [-0.2, 0) is 6.18 Å². The van der Waals surface area contributed by atoms with Gasteiger partial charge in [-0.2, -0.15) is 13.2 Å². The molecule has 0 saturated heterocycles. The highest BCUT2D eigenvalue weighted by atomic mass is 127. The maximum atomic E-state index is 12.2. The predicted molar refractivity (Wildman–Crippen MR) is 49.7 cm³/mol. The molecule has 6 heteroatoms. The molecule has 0 aliphatic heterocycles. The fraction of sp³-hybridized carbons (Fsp3) is 0.167. The predicted octanol–water partition coefficient (Wildman–Crippen LogP) is 3.47. The molecule has 0 saturated carbocycles. The molecule has 1 aromatic rings. The van der Waals surface area contributed by atoms with E-state index in [4.69, 9.17) is 0 Å². The first kappa shape index (κ1) is 10.2. The van der Waals surface area contributed by atoms with E-state index in [0.717, 1.165) is 6.20 Å². The van der Waals surface area contributed by atoms with Crippen molar-refractivity contribution in [2.45, 2.75) is 6.18 Å². The van der Waals surface area contributed by atoms with Crippen molar-refractivity contribution in [3.05, 3.63) is 26.0 Å². The van der Waals surface area contributed by atoms with Gasteiger partial charge in [0.15, 0.2) is 0 Å². The molecule has 0 spiro atoms. The van der Waals surface area contributed by atoms with Gasteiger partial charge in [-0.25, -0.2) is 0 Å². The lowest BCUT2D eigenvalue weighted by Crippen LogP contribution is -2.08. The molecular formula is C6H2BrF3IN. The van der Waals surface area contributed by atoms with Gasteiger partial charge in [-0.1, -0.05) is 0 Å². The van der Waals surface area contributed by atoms with Gasteiger partial charge in [0.1, 0.15) is 0 Å². The number of hydrogen-bond donors (Lipinski definition) is 0. The Hall–Kier alpha value is 0.150. The van der Waals surface area contributed by atoms with E-state index in [1.807, 2.05) is 0 Å². The third kappa shape index (κ3) is 2.09. The van der Waals surface area contributed by atoms with Crippen molar-refractivity contribution in [1.29, 1.82) is 0 Å². The van der Waals surface area contributed by atoms with Gasteiger partial charge in [-0.3, -0.25) is 4.98 Å². The molecular weight excluding hydrogens is 350 g/mol. The van der Waals surface area contributed by atoms with E-state index < -0.39 is 11.7 Å². The number of rotatable bonds is 0.